The molecule has 1 aliphatic heterocycles. The minimum Gasteiger partial charge on any atom is -0.493 e. The van der Waals surface area contributed by atoms with Crippen molar-refractivity contribution in [3.05, 3.63) is 87.4 Å². The molecule has 0 saturated carbocycles. The maximum atomic E-state index is 13.2. The molecule has 3 aromatic rings. The minimum absolute atomic E-state index is 0.138. The van der Waals surface area contributed by atoms with E-state index in [0.717, 1.165) is 4.90 Å². The molecule has 210 valence electrons. The normalized spacial score (nSPS) is 14.0. The summed E-state index contributed by atoms with van der Waals surface area (Å²) in [6, 6.07) is 13.7. The van der Waals surface area contributed by atoms with E-state index in [-0.39, 0.29) is 40.0 Å². The van der Waals surface area contributed by atoms with E-state index < -0.39 is 29.7 Å². The summed E-state index contributed by atoms with van der Waals surface area (Å²) < 4.78 is 15.6. The van der Waals surface area contributed by atoms with Gasteiger partial charge in [-0.25, -0.2) is 14.5 Å². The van der Waals surface area contributed by atoms with Gasteiger partial charge in [0.05, 0.1) is 35.5 Å². The van der Waals surface area contributed by atoms with Crippen molar-refractivity contribution in [3.8, 4) is 11.5 Å². The number of carbonyl (C=O) groups excluding carboxylic acids is 5. The zero-order chi connectivity index (χ0) is 29.7. The number of rotatable bonds is 8. The second kappa shape index (κ2) is 12.5. The Morgan fingerprint density at radius 1 is 0.927 bits per heavy atom. The molecule has 11 nitrogen and oxygen atoms in total. The average Bonchev–Trinajstić information content (AvgIpc) is 2.96. The fraction of sp³-hybridized carbons (Fsp3) is 0.107. The van der Waals surface area contributed by atoms with Crippen molar-refractivity contribution in [1.82, 2.24) is 5.32 Å². The zero-order valence-electron chi connectivity index (χ0n) is 21.5. The first-order valence-electron chi connectivity index (χ1n) is 11.8. The van der Waals surface area contributed by atoms with Gasteiger partial charge in [0.25, 0.3) is 17.7 Å². The van der Waals surface area contributed by atoms with Crippen molar-refractivity contribution < 1.29 is 38.2 Å². The molecule has 0 bridgehead atoms. The van der Waals surface area contributed by atoms with E-state index in [9.17, 15) is 24.0 Å². The van der Waals surface area contributed by atoms with Gasteiger partial charge >= 0.3 is 12.0 Å². The highest BCUT2D eigenvalue weighted by molar-refractivity contribution is 6.42. The monoisotopic (exact) mass is 597 g/mol. The minimum atomic E-state index is -0.941. The van der Waals surface area contributed by atoms with Crippen molar-refractivity contribution in [3.63, 3.8) is 0 Å². The van der Waals surface area contributed by atoms with E-state index in [0.29, 0.717) is 16.3 Å². The molecule has 41 heavy (non-hydrogen) atoms. The number of imide groups is 2. The highest BCUT2D eigenvalue weighted by atomic mass is 35.5. The number of anilines is 2. The van der Waals surface area contributed by atoms with Crippen LogP contribution in [0.4, 0.5) is 16.2 Å². The van der Waals surface area contributed by atoms with E-state index in [4.69, 9.17) is 32.7 Å². The summed E-state index contributed by atoms with van der Waals surface area (Å²) in [6.07, 6.45) is 1.28. The molecule has 1 saturated heterocycles. The molecule has 1 heterocycles. The van der Waals surface area contributed by atoms with Crippen LogP contribution in [0.15, 0.2) is 66.2 Å². The summed E-state index contributed by atoms with van der Waals surface area (Å²) in [5.74, 6) is -2.37. The first-order chi connectivity index (χ1) is 19.6. The molecule has 0 unspecified atom stereocenters. The quantitative estimate of drug-likeness (QED) is 0.220. The van der Waals surface area contributed by atoms with Gasteiger partial charge in [0.15, 0.2) is 18.1 Å². The van der Waals surface area contributed by atoms with Crippen LogP contribution in [0.2, 0.25) is 10.0 Å². The molecule has 2 N–H and O–H groups in total. The summed E-state index contributed by atoms with van der Waals surface area (Å²) in [4.78, 5) is 63.0. The molecule has 3 aromatic carbocycles. The van der Waals surface area contributed by atoms with Gasteiger partial charge in [-0.05, 0) is 66.2 Å². The van der Waals surface area contributed by atoms with Crippen LogP contribution in [0.1, 0.15) is 15.9 Å². The van der Waals surface area contributed by atoms with Crippen LogP contribution < -0.4 is 25.0 Å². The van der Waals surface area contributed by atoms with Crippen molar-refractivity contribution in [1.29, 1.82) is 0 Å². The van der Waals surface area contributed by atoms with Crippen molar-refractivity contribution in [2.45, 2.75) is 0 Å². The first kappa shape index (κ1) is 29.1. The van der Waals surface area contributed by atoms with Gasteiger partial charge in [0.2, 0.25) is 0 Å². The standard InChI is InChI=1S/C28H21Cl2N3O8/c1-39-23-12-15(3-10-22(23)41-14-24(34)31-17-6-9-20(29)21(30)13-17)11-19-25(35)32-28(38)33(26(19)36)18-7-4-16(5-8-18)27(37)40-2/h3-13H,14H2,1-2H3,(H,31,34)(H,32,35,38)/b19-11-. The van der Waals surface area contributed by atoms with E-state index in [1.807, 2.05) is 0 Å². The Balaban J connectivity index is 1.50. The maximum absolute atomic E-state index is 13.2. The summed E-state index contributed by atoms with van der Waals surface area (Å²) in [7, 11) is 2.61. The molecule has 0 spiro atoms. The number of hydrogen-bond acceptors (Lipinski definition) is 8. The van der Waals surface area contributed by atoms with Crippen LogP contribution in [0.3, 0.4) is 0 Å². The third-order valence-corrected chi connectivity index (χ3v) is 6.45. The van der Waals surface area contributed by atoms with Gasteiger partial charge in [0.1, 0.15) is 5.57 Å². The van der Waals surface area contributed by atoms with Crippen LogP contribution in [0.25, 0.3) is 6.08 Å². The fourth-order valence-electron chi connectivity index (χ4n) is 3.73. The molecule has 0 radical (unpaired) electrons. The number of halogens is 2. The Morgan fingerprint density at radius 3 is 2.32 bits per heavy atom. The number of carbonyl (C=O) groups is 5. The summed E-state index contributed by atoms with van der Waals surface area (Å²) in [6.45, 7) is -0.357. The zero-order valence-corrected chi connectivity index (χ0v) is 23.0. The van der Waals surface area contributed by atoms with Gasteiger partial charge in [-0.1, -0.05) is 29.3 Å². The van der Waals surface area contributed by atoms with Crippen molar-refractivity contribution in [2.24, 2.45) is 0 Å². The summed E-state index contributed by atoms with van der Waals surface area (Å²) >= 11 is 11.8. The molecule has 0 aromatic heterocycles. The van der Waals surface area contributed by atoms with E-state index in [1.54, 1.807) is 12.1 Å². The number of methoxy groups -OCH3 is 2. The topological polar surface area (TPSA) is 140 Å². The molecule has 13 heteroatoms. The first-order valence-corrected chi connectivity index (χ1v) is 12.5. The van der Waals surface area contributed by atoms with Gasteiger partial charge in [0, 0.05) is 5.69 Å². The maximum Gasteiger partial charge on any atom is 0.337 e. The fourth-order valence-corrected chi connectivity index (χ4v) is 4.03. The van der Waals surface area contributed by atoms with Crippen molar-refractivity contribution in [2.75, 3.05) is 31.0 Å². The smallest absolute Gasteiger partial charge is 0.337 e. The number of urea groups is 1. The number of amides is 5. The SMILES string of the molecule is COC(=O)c1ccc(N2C(=O)NC(=O)/C(=C/c3ccc(OCC(=O)Nc4ccc(Cl)c(Cl)c4)c(OC)c3)C2=O)cc1. The Morgan fingerprint density at radius 2 is 1.66 bits per heavy atom. The van der Waals surface area contributed by atoms with Crippen LogP contribution in [-0.4, -0.2) is 50.5 Å². The molecule has 5 amide bonds. The molecule has 4 rings (SSSR count). The van der Waals surface area contributed by atoms with Crippen LogP contribution in [0, 0.1) is 0 Å². The molecule has 1 aliphatic rings. The van der Waals surface area contributed by atoms with Gasteiger partial charge in [-0.3, -0.25) is 19.7 Å². The molecular formula is C28H21Cl2N3O8. The predicted octanol–water partition coefficient (Wildman–Crippen LogP) is 4.47. The lowest BCUT2D eigenvalue weighted by atomic mass is 10.1. The lowest BCUT2D eigenvalue weighted by Gasteiger charge is -2.26. The van der Waals surface area contributed by atoms with E-state index in [1.165, 1.54) is 68.8 Å². The molecular weight excluding hydrogens is 577 g/mol. The Hall–Kier alpha value is -4.87. The van der Waals surface area contributed by atoms with Crippen LogP contribution >= 0.6 is 23.2 Å². The molecule has 0 aliphatic carbocycles. The number of nitrogens with one attached hydrogen (secondary N) is 2. The number of barbiturate groups is 1. The van der Waals surface area contributed by atoms with E-state index in [2.05, 4.69) is 15.4 Å². The van der Waals surface area contributed by atoms with Gasteiger partial charge in [-0.15, -0.1) is 0 Å². The third kappa shape index (κ3) is 6.65. The Kier molecular flexibility index (Phi) is 8.91. The van der Waals surface area contributed by atoms with Crippen LogP contribution in [-0.2, 0) is 19.1 Å². The average molecular weight is 598 g/mol. The second-order valence-electron chi connectivity index (χ2n) is 8.37. The second-order valence-corrected chi connectivity index (χ2v) is 9.19. The third-order valence-electron chi connectivity index (χ3n) is 5.71. The molecule has 0 atom stereocenters. The number of hydrogen-bond donors (Lipinski definition) is 2. The number of nitrogens with zero attached hydrogens (tertiary/aromatic N) is 1. The summed E-state index contributed by atoms with van der Waals surface area (Å²) in [5, 5.41) is 5.39. The number of benzene rings is 3. The van der Waals surface area contributed by atoms with Crippen molar-refractivity contribution >= 4 is 70.4 Å². The highest BCUT2D eigenvalue weighted by Crippen LogP contribution is 2.30. The predicted molar refractivity (Wildman–Crippen MR) is 150 cm³/mol. The van der Waals surface area contributed by atoms with Gasteiger partial charge < -0.3 is 19.5 Å². The molecule has 1 fully saturated rings. The lowest BCUT2D eigenvalue weighted by molar-refractivity contribution is -0.122. The lowest BCUT2D eigenvalue weighted by Crippen LogP contribution is -2.54. The Labute approximate surface area is 243 Å². The highest BCUT2D eigenvalue weighted by Gasteiger charge is 2.37. The van der Waals surface area contributed by atoms with E-state index >= 15 is 0 Å². The number of esters is 1. The Bertz CT molecular complexity index is 1590. The van der Waals surface area contributed by atoms with Crippen LogP contribution in [0.5, 0.6) is 11.5 Å². The summed E-state index contributed by atoms with van der Waals surface area (Å²) in [5.41, 5.74) is 0.846. The largest absolute Gasteiger partial charge is 0.493 e. The number of ether oxygens (including phenoxy) is 3. The van der Waals surface area contributed by atoms with Gasteiger partial charge in [-0.2, -0.15) is 0 Å².